The van der Waals surface area contributed by atoms with Crippen LogP contribution < -0.4 is 5.32 Å². The monoisotopic (exact) mass is 1420 g/mol. The lowest BCUT2D eigenvalue weighted by molar-refractivity contribution is -0.359. The molecule has 2 aliphatic heterocycles. The highest BCUT2D eigenvalue weighted by atomic mass is 16.7. The molecule has 0 aromatic rings. The van der Waals surface area contributed by atoms with Gasteiger partial charge in [0.15, 0.2) is 12.6 Å². The second-order valence-electron chi connectivity index (χ2n) is 30.7. The van der Waals surface area contributed by atoms with Crippen molar-refractivity contribution in [2.45, 2.75) is 485 Å². The molecule has 2 aliphatic rings. The van der Waals surface area contributed by atoms with E-state index in [2.05, 4.69) is 55.6 Å². The minimum absolute atomic E-state index is 0.197. The van der Waals surface area contributed by atoms with E-state index >= 15 is 0 Å². The number of hydrogen-bond donors (Lipinski definition) is 9. The van der Waals surface area contributed by atoms with E-state index in [1.807, 2.05) is 0 Å². The first-order valence-corrected chi connectivity index (χ1v) is 43.2. The second kappa shape index (κ2) is 70.2. The summed E-state index contributed by atoms with van der Waals surface area (Å²) in [7, 11) is 0. The third kappa shape index (κ3) is 52.2. The van der Waals surface area contributed by atoms with Crippen molar-refractivity contribution in [1.82, 2.24) is 5.32 Å². The number of ether oxygens (including phenoxy) is 4. The maximum Gasteiger partial charge on any atom is 0.220 e. The summed E-state index contributed by atoms with van der Waals surface area (Å²) < 4.78 is 23.0. The van der Waals surface area contributed by atoms with Crippen LogP contribution in [0.5, 0.6) is 0 Å². The van der Waals surface area contributed by atoms with E-state index in [0.29, 0.717) is 12.8 Å². The fourth-order valence-corrected chi connectivity index (χ4v) is 14.5. The molecule has 0 aromatic carbocycles. The van der Waals surface area contributed by atoms with E-state index in [4.69, 9.17) is 18.9 Å². The van der Waals surface area contributed by atoms with Gasteiger partial charge in [-0.15, -0.1) is 0 Å². The van der Waals surface area contributed by atoms with Crippen LogP contribution in [-0.4, -0.2) is 140 Å². The molecule has 0 radical (unpaired) electrons. The Morgan fingerprint density at radius 3 is 1.01 bits per heavy atom. The molecule has 0 spiro atoms. The minimum atomic E-state index is -1.78. The van der Waals surface area contributed by atoms with E-state index < -0.39 is 86.8 Å². The summed E-state index contributed by atoms with van der Waals surface area (Å²) in [5.41, 5.74) is 0. The molecule has 0 bridgehead atoms. The SMILES string of the molecule is CCCCCCC/C=C\C/C=C\C/C=C\CCCCCCCCCCCCCCCCCCCCCCCCCCCCC(=O)NC(COC1OC(CO)C(OC2OC(CO)C(O)C(O)C2O)C(O)C1O)C(O)CCCCCCCCCCCCCCCCCCCCCCCCCCC. The maximum absolute atomic E-state index is 13.4. The molecule has 12 atom stereocenters. The molecule has 0 aliphatic carbocycles. The standard InChI is InChI=1S/C86H163NO13/c1-3-5-7-9-11-13-15-17-19-21-23-25-27-29-30-31-32-33-34-35-36-37-38-39-40-41-42-43-44-46-48-50-52-54-56-58-60-62-64-66-68-70-78(91)87-74(73-97-85-83(96)81(94)84(77(72-89)99-85)100-86-82(95)80(93)79(92)76(71-88)98-86)75(90)69-67-65-63-61-59-57-55-53-51-49-47-45-28-26-24-22-20-18-16-14-12-10-8-6-4-2/h15,17,21,23,27,29,74-77,79-86,88-90,92-96H,3-14,16,18-20,22,24-26,28,30-73H2,1-2H3,(H,87,91)/b17-15-,23-21-,29-27-. The van der Waals surface area contributed by atoms with Crippen molar-refractivity contribution in [3.8, 4) is 0 Å². The zero-order chi connectivity index (χ0) is 72.2. The summed E-state index contributed by atoms with van der Waals surface area (Å²) in [6.07, 6.45) is 76.4. The van der Waals surface area contributed by atoms with Gasteiger partial charge in [-0.1, -0.05) is 391 Å². The predicted octanol–water partition coefficient (Wildman–Crippen LogP) is 20.4. The number of aliphatic hydroxyl groups is 8. The number of carbonyl (C=O) groups excluding carboxylic acids is 1. The van der Waals surface area contributed by atoms with Gasteiger partial charge in [-0.05, 0) is 51.4 Å². The average molecular weight is 1420 g/mol. The Labute approximate surface area is 614 Å². The molecule has 0 saturated carbocycles. The molecular formula is C86H163NO13. The Morgan fingerprint density at radius 1 is 0.360 bits per heavy atom. The van der Waals surface area contributed by atoms with Crippen LogP contribution in [0.1, 0.15) is 412 Å². The van der Waals surface area contributed by atoms with Gasteiger partial charge in [-0.25, -0.2) is 0 Å². The Balaban J connectivity index is 1.54. The quantitative estimate of drug-likeness (QED) is 0.0204. The fraction of sp³-hybridized carbons (Fsp3) is 0.919. The van der Waals surface area contributed by atoms with E-state index in [0.717, 1.165) is 64.2 Å². The van der Waals surface area contributed by atoms with Crippen LogP contribution in [0.2, 0.25) is 0 Å². The minimum Gasteiger partial charge on any atom is -0.394 e. The fourth-order valence-electron chi connectivity index (χ4n) is 14.5. The Hall–Kier alpha value is -1.79. The van der Waals surface area contributed by atoms with E-state index in [1.54, 1.807) is 0 Å². The number of hydrogen-bond acceptors (Lipinski definition) is 13. The first-order valence-electron chi connectivity index (χ1n) is 43.2. The molecule has 2 saturated heterocycles. The predicted molar refractivity (Wildman–Crippen MR) is 415 cm³/mol. The highest BCUT2D eigenvalue weighted by Crippen LogP contribution is 2.31. The third-order valence-corrected chi connectivity index (χ3v) is 21.4. The first kappa shape index (κ1) is 94.3. The molecule has 14 heteroatoms. The molecule has 0 aromatic heterocycles. The van der Waals surface area contributed by atoms with Crippen LogP contribution in [0.3, 0.4) is 0 Å². The van der Waals surface area contributed by atoms with Crippen molar-refractivity contribution < 1.29 is 64.6 Å². The number of rotatable bonds is 74. The number of nitrogens with one attached hydrogen (secondary N) is 1. The lowest BCUT2D eigenvalue weighted by atomic mass is 9.97. The molecule has 2 fully saturated rings. The third-order valence-electron chi connectivity index (χ3n) is 21.4. The normalized spacial score (nSPS) is 21.9. The average Bonchev–Trinajstić information content (AvgIpc) is 0.791. The van der Waals surface area contributed by atoms with Gasteiger partial charge in [0.1, 0.15) is 48.8 Å². The van der Waals surface area contributed by atoms with Crippen LogP contribution in [0, 0.1) is 0 Å². The highest BCUT2D eigenvalue weighted by molar-refractivity contribution is 5.76. The number of amides is 1. The Kier molecular flexibility index (Phi) is 66.2. The summed E-state index contributed by atoms with van der Waals surface area (Å²) in [5, 5.41) is 87.9. The number of aliphatic hydroxyl groups excluding tert-OH is 8. The summed E-state index contributed by atoms with van der Waals surface area (Å²) >= 11 is 0. The largest absolute Gasteiger partial charge is 0.394 e. The molecule has 9 N–H and O–H groups in total. The van der Waals surface area contributed by atoms with Crippen molar-refractivity contribution in [1.29, 1.82) is 0 Å². The lowest BCUT2D eigenvalue weighted by Crippen LogP contribution is -2.65. The van der Waals surface area contributed by atoms with Crippen LogP contribution >= 0.6 is 0 Å². The van der Waals surface area contributed by atoms with Gasteiger partial charge in [-0.3, -0.25) is 4.79 Å². The molecule has 12 unspecified atom stereocenters. The van der Waals surface area contributed by atoms with Crippen LogP contribution in [0.25, 0.3) is 0 Å². The molecule has 2 rings (SSSR count). The van der Waals surface area contributed by atoms with Crippen molar-refractivity contribution >= 4 is 5.91 Å². The van der Waals surface area contributed by atoms with Crippen molar-refractivity contribution in [2.24, 2.45) is 0 Å². The van der Waals surface area contributed by atoms with Gasteiger partial charge in [0.2, 0.25) is 5.91 Å². The summed E-state index contributed by atoms with van der Waals surface area (Å²) in [5.74, 6) is -0.197. The van der Waals surface area contributed by atoms with Gasteiger partial charge in [-0.2, -0.15) is 0 Å². The van der Waals surface area contributed by atoms with Crippen molar-refractivity contribution in [3.05, 3.63) is 36.5 Å². The Morgan fingerprint density at radius 2 is 0.660 bits per heavy atom. The van der Waals surface area contributed by atoms with Gasteiger partial charge in [0.25, 0.3) is 0 Å². The van der Waals surface area contributed by atoms with Crippen LogP contribution in [0.4, 0.5) is 0 Å². The molecule has 14 nitrogen and oxygen atoms in total. The van der Waals surface area contributed by atoms with Gasteiger partial charge < -0.3 is 65.1 Å². The van der Waals surface area contributed by atoms with Gasteiger partial charge >= 0.3 is 0 Å². The molecule has 100 heavy (non-hydrogen) atoms. The van der Waals surface area contributed by atoms with E-state index in [1.165, 1.54) is 321 Å². The van der Waals surface area contributed by atoms with Crippen LogP contribution in [-0.2, 0) is 23.7 Å². The molecule has 1 amide bonds. The maximum atomic E-state index is 13.4. The van der Waals surface area contributed by atoms with E-state index in [9.17, 15) is 45.6 Å². The molecule has 590 valence electrons. The van der Waals surface area contributed by atoms with E-state index in [-0.39, 0.29) is 12.5 Å². The van der Waals surface area contributed by atoms with Crippen molar-refractivity contribution in [3.63, 3.8) is 0 Å². The summed E-state index contributed by atoms with van der Waals surface area (Å²) in [6.45, 7) is 2.92. The first-order chi connectivity index (χ1) is 49.1. The number of carbonyl (C=O) groups is 1. The number of unbranched alkanes of at least 4 members (excludes halogenated alkanes) is 55. The zero-order valence-electron chi connectivity index (χ0n) is 65.0. The topological polar surface area (TPSA) is 228 Å². The smallest absolute Gasteiger partial charge is 0.220 e. The Bertz CT molecular complexity index is 1820. The summed E-state index contributed by atoms with van der Waals surface area (Å²) in [6, 6.07) is -0.828. The lowest BCUT2D eigenvalue weighted by Gasteiger charge is -2.46. The second-order valence-corrected chi connectivity index (χ2v) is 30.7. The van der Waals surface area contributed by atoms with Crippen molar-refractivity contribution in [2.75, 3.05) is 19.8 Å². The van der Waals surface area contributed by atoms with Gasteiger partial charge in [0.05, 0.1) is 32.0 Å². The number of allylic oxidation sites excluding steroid dienone is 6. The zero-order valence-corrected chi connectivity index (χ0v) is 65.0. The van der Waals surface area contributed by atoms with Crippen LogP contribution in [0.15, 0.2) is 36.5 Å². The summed E-state index contributed by atoms with van der Waals surface area (Å²) in [4.78, 5) is 13.4. The highest BCUT2D eigenvalue weighted by Gasteiger charge is 2.51. The van der Waals surface area contributed by atoms with Gasteiger partial charge in [0, 0.05) is 6.42 Å². The molecule has 2 heterocycles. The molecular weight excluding hydrogens is 1250 g/mol.